The third-order valence-corrected chi connectivity index (χ3v) is 6.18. The van der Waals surface area contributed by atoms with Crippen molar-refractivity contribution in [3.8, 4) is 11.3 Å². The molecule has 3 heterocycles. The first-order valence-electron chi connectivity index (χ1n) is 10.1. The Morgan fingerprint density at radius 3 is 2.35 bits per heavy atom. The fourth-order valence-corrected chi connectivity index (χ4v) is 4.72. The first-order valence-corrected chi connectivity index (χ1v) is 10.1. The maximum atomic E-state index is 13.1. The summed E-state index contributed by atoms with van der Waals surface area (Å²) < 4.78 is 5.81. The van der Waals surface area contributed by atoms with Crippen molar-refractivity contribution in [2.24, 2.45) is 11.8 Å². The number of nitrogens with zero attached hydrogens (tertiary/aromatic N) is 2. The van der Waals surface area contributed by atoms with Crippen molar-refractivity contribution in [1.29, 1.82) is 0 Å². The number of aliphatic hydroxyl groups excluding tert-OH is 1. The molecule has 1 aromatic heterocycles. The lowest BCUT2D eigenvalue weighted by molar-refractivity contribution is -0.384. The number of carbonyl (C=O) groups is 4. The third kappa shape index (κ3) is 3.50. The molecule has 4 rings (SSSR count). The predicted molar refractivity (Wildman–Crippen MR) is 110 cm³/mol. The quantitative estimate of drug-likeness (QED) is 0.235. The number of carbonyl (C=O) groups excluding carboxylic acids is 2. The number of likely N-dealkylation sites (tertiary alicyclic amines) is 1. The Balaban J connectivity index is 1.75. The molecule has 4 atom stereocenters. The van der Waals surface area contributed by atoms with Gasteiger partial charge in [0.1, 0.15) is 17.1 Å². The number of β-amino-alcohol motifs (C(OH)–C–C–N with tert-alkyl or cyclic N) is 1. The number of carboxylic acids is 2. The topological polar surface area (TPSA) is 201 Å². The van der Waals surface area contributed by atoms with Crippen molar-refractivity contribution in [2.75, 3.05) is 13.2 Å². The van der Waals surface area contributed by atoms with Gasteiger partial charge < -0.3 is 19.7 Å². The van der Waals surface area contributed by atoms with Gasteiger partial charge in [0.25, 0.3) is 5.69 Å². The van der Waals surface area contributed by atoms with Crippen LogP contribution in [0.1, 0.15) is 18.2 Å². The molecule has 1 aromatic carbocycles. The van der Waals surface area contributed by atoms with Crippen molar-refractivity contribution in [3.63, 3.8) is 0 Å². The standard InChI is InChI=1S/C21H19N3O10/c25-8-7-23-18(28)15-16(19(23)29)21(20(30)31,9-14(26)27)22-17(15)13-6-5-12(34-13)10-1-3-11(4-2-10)24(32)33/h1-6,15-17,22,25H,7-9H2,(H,26,27)(H,30,31). The number of hydrogen-bond donors (Lipinski definition) is 4. The zero-order valence-electron chi connectivity index (χ0n) is 17.4. The number of furan rings is 1. The second kappa shape index (κ2) is 8.35. The zero-order valence-corrected chi connectivity index (χ0v) is 17.4. The fraction of sp³-hybridized carbons (Fsp3) is 0.333. The van der Waals surface area contributed by atoms with Crippen LogP contribution in [-0.2, 0) is 19.2 Å². The smallest absolute Gasteiger partial charge is 0.325 e. The Morgan fingerprint density at radius 2 is 1.79 bits per heavy atom. The monoisotopic (exact) mass is 473 g/mol. The molecule has 0 aliphatic carbocycles. The highest BCUT2D eigenvalue weighted by Gasteiger charge is 2.69. The molecule has 34 heavy (non-hydrogen) atoms. The third-order valence-electron chi connectivity index (χ3n) is 6.18. The number of rotatable bonds is 8. The van der Waals surface area contributed by atoms with Crippen LogP contribution < -0.4 is 5.32 Å². The van der Waals surface area contributed by atoms with Crippen LogP contribution in [-0.4, -0.2) is 67.6 Å². The average Bonchev–Trinajstić information content (AvgIpc) is 3.45. The summed E-state index contributed by atoms with van der Waals surface area (Å²) in [6.45, 7) is -0.897. The van der Waals surface area contributed by atoms with Crippen LogP contribution in [0.5, 0.6) is 0 Å². The Hall–Kier alpha value is -4.10. The number of aliphatic hydroxyl groups is 1. The van der Waals surface area contributed by atoms with Gasteiger partial charge in [0.15, 0.2) is 0 Å². The molecule has 4 N–H and O–H groups in total. The molecule has 0 spiro atoms. The maximum Gasteiger partial charge on any atom is 0.325 e. The number of benzene rings is 1. The summed E-state index contributed by atoms with van der Waals surface area (Å²) in [6, 6.07) is 7.27. The first-order chi connectivity index (χ1) is 16.1. The maximum absolute atomic E-state index is 13.1. The fourth-order valence-electron chi connectivity index (χ4n) is 4.72. The van der Waals surface area contributed by atoms with E-state index >= 15 is 0 Å². The van der Waals surface area contributed by atoms with Gasteiger partial charge in [0.2, 0.25) is 11.8 Å². The summed E-state index contributed by atoms with van der Waals surface area (Å²) in [6.07, 6.45) is -0.970. The SMILES string of the molecule is O=C(O)CC1(C(=O)O)NC(c2ccc(-c3ccc([N+](=O)[O-])cc3)o2)C2C(=O)N(CCO)C(=O)C21. The normalized spacial score (nSPS) is 26.0. The minimum Gasteiger partial charge on any atom is -0.481 e. The zero-order chi connectivity index (χ0) is 24.8. The molecule has 2 saturated heterocycles. The van der Waals surface area contributed by atoms with Crippen LogP contribution in [0.25, 0.3) is 11.3 Å². The van der Waals surface area contributed by atoms with E-state index in [9.17, 15) is 44.6 Å². The van der Waals surface area contributed by atoms with Crippen molar-refractivity contribution >= 4 is 29.4 Å². The first kappa shape index (κ1) is 23.1. The van der Waals surface area contributed by atoms with Crippen LogP contribution in [0.3, 0.4) is 0 Å². The minimum atomic E-state index is -2.28. The number of nitro benzene ring substituents is 1. The van der Waals surface area contributed by atoms with E-state index in [1.165, 1.54) is 36.4 Å². The summed E-state index contributed by atoms with van der Waals surface area (Å²) in [7, 11) is 0. The number of nitrogens with one attached hydrogen (secondary N) is 1. The number of non-ortho nitro benzene ring substituents is 1. The summed E-state index contributed by atoms with van der Waals surface area (Å²) in [5, 5.41) is 42.1. The van der Waals surface area contributed by atoms with Gasteiger partial charge in [0, 0.05) is 17.7 Å². The van der Waals surface area contributed by atoms with Crippen LogP contribution in [0, 0.1) is 22.0 Å². The Bertz CT molecular complexity index is 1190. The lowest BCUT2D eigenvalue weighted by Crippen LogP contribution is -2.57. The van der Waals surface area contributed by atoms with E-state index in [1.807, 2.05) is 0 Å². The molecular formula is C21H19N3O10. The predicted octanol–water partition coefficient (Wildman–Crippen LogP) is 0.391. The Labute approximate surface area is 190 Å². The highest BCUT2D eigenvalue weighted by atomic mass is 16.6. The molecule has 2 aliphatic heterocycles. The molecule has 2 amide bonds. The number of fused-ring (bicyclic) bond motifs is 1. The highest BCUT2D eigenvalue weighted by Crippen LogP contribution is 2.50. The summed E-state index contributed by atoms with van der Waals surface area (Å²) in [5.41, 5.74) is -1.94. The number of aliphatic carboxylic acids is 2. The van der Waals surface area contributed by atoms with E-state index in [-0.39, 0.29) is 23.8 Å². The minimum absolute atomic E-state index is 0.0869. The lowest BCUT2D eigenvalue weighted by atomic mass is 9.78. The van der Waals surface area contributed by atoms with Crippen molar-refractivity contribution in [1.82, 2.24) is 10.2 Å². The van der Waals surface area contributed by atoms with E-state index in [4.69, 9.17) is 4.42 Å². The summed E-state index contributed by atoms with van der Waals surface area (Å²) in [4.78, 5) is 60.9. The molecule has 13 nitrogen and oxygen atoms in total. The number of hydrogen-bond acceptors (Lipinski definition) is 9. The molecule has 2 aromatic rings. The van der Waals surface area contributed by atoms with E-state index in [0.29, 0.717) is 5.56 Å². The van der Waals surface area contributed by atoms with Gasteiger partial charge in [-0.15, -0.1) is 0 Å². The van der Waals surface area contributed by atoms with Gasteiger partial charge in [-0.05, 0) is 24.3 Å². The Morgan fingerprint density at radius 1 is 1.12 bits per heavy atom. The van der Waals surface area contributed by atoms with Crippen LogP contribution in [0.2, 0.25) is 0 Å². The molecule has 13 heteroatoms. The van der Waals surface area contributed by atoms with Crippen LogP contribution in [0.15, 0.2) is 40.8 Å². The molecule has 178 valence electrons. The molecular weight excluding hydrogens is 454 g/mol. The van der Waals surface area contributed by atoms with Gasteiger partial charge in [-0.25, -0.2) is 0 Å². The molecule has 0 radical (unpaired) electrons. The van der Waals surface area contributed by atoms with Gasteiger partial charge >= 0.3 is 11.9 Å². The van der Waals surface area contributed by atoms with E-state index in [2.05, 4.69) is 5.32 Å². The van der Waals surface area contributed by atoms with E-state index in [1.54, 1.807) is 0 Å². The van der Waals surface area contributed by atoms with E-state index in [0.717, 1.165) is 4.90 Å². The van der Waals surface area contributed by atoms with Gasteiger partial charge in [0.05, 0.1) is 42.4 Å². The molecule has 0 saturated carbocycles. The Kier molecular flexibility index (Phi) is 5.67. The van der Waals surface area contributed by atoms with Crippen molar-refractivity contribution in [3.05, 3.63) is 52.3 Å². The molecule has 0 bridgehead atoms. The van der Waals surface area contributed by atoms with Crippen molar-refractivity contribution in [2.45, 2.75) is 18.0 Å². The molecule has 2 fully saturated rings. The lowest BCUT2D eigenvalue weighted by Gasteiger charge is -2.29. The summed E-state index contributed by atoms with van der Waals surface area (Å²) in [5.74, 6) is -7.18. The second-order valence-corrected chi connectivity index (χ2v) is 8.03. The number of imide groups is 1. The van der Waals surface area contributed by atoms with Gasteiger partial charge in [-0.3, -0.25) is 39.5 Å². The van der Waals surface area contributed by atoms with Crippen LogP contribution in [0.4, 0.5) is 5.69 Å². The van der Waals surface area contributed by atoms with Gasteiger partial charge in [-0.2, -0.15) is 0 Å². The molecule has 2 aliphatic rings. The number of amides is 2. The highest BCUT2D eigenvalue weighted by molar-refractivity contribution is 6.10. The van der Waals surface area contributed by atoms with E-state index < -0.39 is 65.1 Å². The number of carboxylic acid groups (broad SMARTS) is 2. The van der Waals surface area contributed by atoms with Crippen molar-refractivity contribution < 1.29 is 43.8 Å². The largest absolute Gasteiger partial charge is 0.481 e. The van der Waals surface area contributed by atoms with Crippen LogP contribution >= 0.6 is 0 Å². The summed E-state index contributed by atoms with van der Waals surface area (Å²) >= 11 is 0. The number of nitro groups is 1. The van der Waals surface area contributed by atoms with Gasteiger partial charge in [-0.1, -0.05) is 0 Å². The average molecular weight is 473 g/mol. The second-order valence-electron chi connectivity index (χ2n) is 8.03. The molecule has 4 unspecified atom stereocenters.